The number of carbonyl (C=O) groups is 1. The minimum absolute atomic E-state index is 0.174. The largest absolute Gasteiger partial charge is 0.493 e. The average Bonchev–Trinajstić information content (AvgIpc) is 2.98. The summed E-state index contributed by atoms with van der Waals surface area (Å²) in [5, 5.41) is 30.9. The van der Waals surface area contributed by atoms with E-state index in [1.807, 2.05) is 24.3 Å². The van der Waals surface area contributed by atoms with E-state index < -0.39 is 36.7 Å². The van der Waals surface area contributed by atoms with Crippen LogP contribution in [0.25, 0.3) is 6.08 Å². The van der Waals surface area contributed by atoms with Crippen molar-refractivity contribution in [2.75, 3.05) is 33.5 Å². The summed E-state index contributed by atoms with van der Waals surface area (Å²) in [5.74, 6) is 1.05. The molecule has 1 heterocycles. The molecule has 0 saturated carbocycles. The highest BCUT2D eigenvalue weighted by Gasteiger charge is 2.44. The Hall–Kier alpha value is -3.67. The van der Waals surface area contributed by atoms with Crippen LogP contribution in [0.1, 0.15) is 11.1 Å². The fourth-order valence-corrected chi connectivity index (χ4v) is 3.82. The van der Waals surface area contributed by atoms with Gasteiger partial charge in [-0.15, -0.1) is 0 Å². The Balaban J connectivity index is 1.49. The summed E-state index contributed by atoms with van der Waals surface area (Å²) in [4.78, 5) is 12.3. The van der Waals surface area contributed by atoms with Gasteiger partial charge >= 0.3 is 5.97 Å². The van der Waals surface area contributed by atoms with Gasteiger partial charge in [0.25, 0.3) is 0 Å². The lowest BCUT2D eigenvalue weighted by Gasteiger charge is -2.39. The summed E-state index contributed by atoms with van der Waals surface area (Å²) in [6.07, 6.45) is -0.321. The minimum atomic E-state index is -1.55. The maximum atomic E-state index is 12.3. The maximum Gasteiger partial charge on any atom is 0.330 e. The second-order valence-electron chi connectivity index (χ2n) is 8.85. The Morgan fingerprint density at radius 3 is 2.38 bits per heavy atom. The van der Waals surface area contributed by atoms with Crippen LogP contribution >= 0.6 is 0 Å². The zero-order valence-electron chi connectivity index (χ0n) is 22.4. The number of rotatable bonds is 15. The lowest BCUT2D eigenvalue weighted by molar-refractivity contribution is -0.301. The number of aliphatic hydroxyl groups excluding tert-OH is 3. The molecule has 2 aromatic rings. The van der Waals surface area contributed by atoms with Crippen LogP contribution in [-0.2, 0) is 25.4 Å². The minimum Gasteiger partial charge on any atom is -0.493 e. The molecule has 1 aliphatic rings. The van der Waals surface area contributed by atoms with Crippen molar-refractivity contribution in [1.29, 1.82) is 0 Å². The van der Waals surface area contributed by atoms with E-state index in [2.05, 4.69) is 13.2 Å². The lowest BCUT2D eigenvalue weighted by Crippen LogP contribution is -2.59. The monoisotopic (exact) mass is 556 g/mol. The molecule has 0 amide bonds. The molecule has 2 aromatic carbocycles. The molecular formula is C30H36O10. The molecule has 0 aliphatic carbocycles. The van der Waals surface area contributed by atoms with Crippen LogP contribution in [0, 0.1) is 0 Å². The van der Waals surface area contributed by atoms with E-state index in [9.17, 15) is 20.1 Å². The third-order valence-corrected chi connectivity index (χ3v) is 5.98. The molecule has 3 N–H and O–H groups in total. The van der Waals surface area contributed by atoms with E-state index in [-0.39, 0.29) is 13.2 Å². The van der Waals surface area contributed by atoms with Crippen LogP contribution in [0.4, 0.5) is 0 Å². The number of ether oxygens (including phenoxy) is 6. The van der Waals surface area contributed by atoms with Crippen molar-refractivity contribution in [3.63, 3.8) is 0 Å². The van der Waals surface area contributed by atoms with Gasteiger partial charge in [-0.1, -0.05) is 43.5 Å². The first kappa shape index (κ1) is 30.9. The maximum absolute atomic E-state index is 12.3. The molecule has 10 nitrogen and oxygen atoms in total. The lowest BCUT2D eigenvalue weighted by atomic mass is 9.99. The van der Waals surface area contributed by atoms with Crippen LogP contribution in [0.5, 0.6) is 17.2 Å². The smallest absolute Gasteiger partial charge is 0.330 e. The summed E-state index contributed by atoms with van der Waals surface area (Å²) in [6.45, 7) is 7.76. The third-order valence-electron chi connectivity index (χ3n) is 5.98. The van der Waals surface area contributed by atoms with Crippen molar-refractivity contribution in [2.45, 2.75) is 37.1 Å². The van der Waals surface area contributed by atoms with Crippen LogP contribution < -0.4 is 14.2 Å². The summed E-state index contributed by atoms with van der Waals surface area (Å²) in [5.41, 5.74) is 1.63. The van der Waals surface area contributed by atoms with Gasteiger partial charge in [-0.25, -0.2) is 4.79 Å². The van der Waals surface area contributed by atoms with Gasteiger partial charge in [-0.3, -0.25) is 0 Å². The van der Waals surface area contributed by atoms with Gasteiger partial charge in [0.1, 0.15) is 50.0 Å². The highest BCUT2D eigenvalue weighted by Crippen LogP contribution is 2.28. The summed E-state index contributed by atoms with van der Waals surface area (Å²) in [7, 11) is 1.51. The quantitative estimate of drug-likeness (QED) is 0.171. The highest BCUT2D eigenvalue weighted by atomic mass is 16.7. The van der Waals surface area contributed by atoms with E-state index in [0.717, 1.165) is 5.56 Å². The molecule has 0 radical (unpaired) electrons. The van der Waals surface area contributed by atoms with Crippen LogP contribution in [0.2, 0.25) is 0 Å². The number of hydrogen-bond acceptors (Lipinski definition) is 10. The Morgan fingerprint density at radius 1 is 0.950 bits per heavy atom. The van der Waals surface area contributed by atoms with Crippen molar-refractivity contribution in [2.24, 2.45) is 0 Å². The Labute approximate surface area is 233 Å². The fraction of sp³-hybridized carbons (Fsp3) is 0.367. The predicted octanol–water partition coefficient (Wildman–Crippen LogP) is 2.45. The van der Waals surface area contributed by atoms with Gasteiger partial charge in [-0.05, 0) is 47.9 Å². The number of carbonyl (C=O) groups excluding carboxylic acids is 1. The molecule has 40 heavy (non-hydrogen) atoms. The van der Waals surface area contributed by atoms with E-state index >= 15 is 0 Å². The third kappa shape index (κ3) is 8.94. The number of benzene rings is 2. The molecule has 3 rings (SSSR count). The number of hydrogen-bond donors (Lipinski definition) is 3. The van der Waals surface area contributed by atoms with Crippen molar-refractivity contribution < 1.29 is 48.5 Å². The molecule has 0 spiro atoms. The Bertz CT molecular complexity index is 1130. The van der Waals surface area contributed by atoms with Gasteiger partial charge in [0, 0.05) is 6.08 Å². The predicted molar refractivity (Wildman–Crippen MR) is 147 cm³/mol. The number of methoxy groups -OCH3 is 1. The molecule has 5 atom stereocenters. The van der Waals surface area contributed by atoms with Crippen molar-refractivity contribution >= 4 is 12.0 Å². The number of aliphatic hydroxyl groups is 3. The molecule has 10 heteroatoms. The number of esters is 1. The van der Waals surface area contributed by atoms with Gasteiger partial charge in [0.15, 0.2) is 17.8 Å². The van der Waals surface area contributed by atoms with E-state index in [1.165, 1.54) is 19.3 Å². The first-order valence-electron chi connectivity index (χ1n) is 12.8. The highest BCUT2D eigenvalue weighted by molar-refractivity contribution is 5.87. The van der Waals surface area contributed by atoms with Gasteiger partial charge in [0.2, 0.25) is 0 Å². The molecule has 1 aliphatic heterocycles. The van der Waals surface area contributed by atoms with Crippen LogP contribution in [0.3, 0.4) is 0 Å². The average molecular weight is 557 g/mol. The zero-order valence-corrected chi connectivity index (χ0v) is 22.4. The standard InChI is InChI=1S/C30H36O10/c1-4-15-36-22-10-6-20(7-11-22)14-17-38-30-29(34)28(33)27(32)25(40-30)19-39-26(31)13-9-21-8-12-23(37-16-5-2)24(18-21)35-3/h4-13,18,25,27-30,32-34H,1-2,14-17,19H2,3H3/b13-9+/t25-,27-,28+,29-,30-/m1/s1. The summed E-state index contributed by atoms with van der Waals surface area (Å²) >= 11 is 0. The molecule has 0 bridgehead atoms. The van der Waals surface area contributed by atoms with Crippen LogP contribution in [-0.4, -0.2) is 85.5 Å². The Morgan fingerprint density at radius 2 is 1.68 bits per heavy atom. The van der Waals surface area contributed by atoms with E-state index in [4.69, 9.17) is 28.4 Å². The normalized spacial score (nSPS) is 22.4. The van der Waals surface area contributed by atoms with Crippen LogP contribution in [0.15, 0.2) is 73.9 Å². The van der Waals surface area contributed by atoms with Crippen molar-refractivity contribution in [1.82, 2.24) is 0 Å². The first-order valence-corrected chi connectivity index (χ1v) is 12.8. The first-order chi connectivity index (χ1) is 19.4. The molecular weight excluding hydrogens is 520 g/mol. The topological polar surface area (TPSA) is 133 Å². The van der Waals surface area contributed by atoms with Gasteiger partial charge in [0.05, 0.1) is 13.7 Å². The molecule has 0 aromatic heterocycles. The molecule has 216 valence electrons. The SMILES string of the molecule is C=CCOc1ccc(CCO[C@@H]2O[C@H](COC(=O)/C=C/c3ccc(OCC=C)c(OC)c3)[C@@H](O)[C@H](O)[C@H]2O)cc1. The van der Waals surface area contributed by atoms with Crippen molar-refractivity contribution in [3.8, 4) is 17.2 Å². The molecule has 1 saturated heterocycles. The van der Waals surface area contributed by atoms with Gasteiger partial charge < -0.3 is 43.7 Å². The van der Waals surface area contributed by atoms with E-state index in [1.54, 1.807) is 30.4 Å². The molecule has 0 unspecified atom stereocenters. The zero-order chi connectivity index (χ0) is 28.9. The van der Waals surface area contributed by atoms with Crippen molar-refractivity contribution in [3.05, 3.63) is 85.0 Å². The van der Waals surface area contributed by atoms with Gasteiger partial charge in [-0.2, -0.15) is 0 Å². The fourth-order valence-electron chi connectivity index (χ4n) is 3.82. The summed E-state index contributed by atoms with van der Waals surface area (Å²) < 4.78 is 32.7. The summed E-state index contributed by atoms with van der Waals surface area (Å²) in [6, 6.07) is 12.6. The second-order valence-corrected chi connectivity index (χ2v) is 8.85. The second kappa shape index (κ2) is 15.8. The Kier molecular flexibility index (Phi) is 12.2. The molecule has 1 fully saturated rings. The van der Waals surface area contributed by atoms with E-state index in [0.29, 0.717) is 42.4 Å².